The number of benzene rings is 3. The van der Waals surface area contributed by atoms with Crippen molar-refractivity contribution in [1.82, 2.24) is 10.6 Å². The molecule has 2 saturated heterocycles. The lowest BCUT2D eigenvalue weighted by Gasteiger charge is -2.29. The molecule has 2 aliphatic rings. The first-order chi connectivity index (χ1) is 22.2. The average Bonchev–Trinajstić information content (AvgIpc) is 3.66. The number of carbonyl (C=O) groups is 2. The maximum atomic E-state index is 13.2. The third kappa shape index (κ3) is 8.70. The monoisotopic (exact) mass is 651 g/mol. The van der Waals surface area contributed by atoms with Gasteiger partial charge in [0.1, 0.15) is 11.9 Å². The first-order valence-electron chi connectivity index (χ1n) is 15.6. The number of nitrogen functional groups attached to an aromatic ring is 1. The van der Waals surface area contributed by atoms with E-state index in [4.69, 9.17) is 36.3 Å². The summed E-state index contributed by atoms with van der Waals surface area (Å²) in [5, 5.41) is 18.0. The first-order valence-corrected chi connectivity index (χ1v) is 16.0. The van der Waals surface area contributed by atoms with Gasteiger partial charge in [-0.2, -0.15) is 0 Å². The smallest absolute Gasteiger partial charge is 0.407 e. The topological polar surface area (TPSA) is 141 Å². The van der Waals surface area contributed by atoms with Gasteiger partial charge in [0.05, 0.1) is 42.0 Å². The van der Waals surface area contributed by atoms with Crippen molar-refractivity contribution in [2.45, 2.75) is 70.1 Å². The molecule has 5 N–H and O–H groups in total. The first kappa shape index (κ1) is 33.5. The Morgan fingerprint density at radius 3 is 2.39 bits per heavy atom. The fourth-order valence-corrected chi connectivity index (χ4v) is 6.43. The quantitative estimate of drug-likeness (QED) is 0.198. The van der Waals surface area contributed by atoms with Gasteiger partial charge in [0.2, 0.25) is 0 Å². The Balaban J connectivity index is 1.27. The van der Waals surface area contributed by atoms with E-state index in [-0.39, 0.29) is 37.7 Å². The number of nitrogens with one attached hydrogen (secondary N) is 2. The molecule has 0 aliphatic carbocycles. The number of fused-ring (bicyclic) bond motifs is 1. The minimum atomic E-state index is -1.02. The number of halogens is 1. The van der Waals surface area contributed by atoms with Crippen molar-refractivity contribution in [3.05, 3.63) is 94.0 Å². The van der Waals surface area contributed by atoms with Gasteiger partial charge in [0.25, 0.3) is 5.91 Å². The van der Waals surface area contributed by atoms with Crippen LogP contribution in [0.5, 0.6) is 5.75 Å². The van der Waals surface area contributed by atoms with Crippen molar-refractivity contribution in [3.63, 3.8) is 0 Å². The molecule has 0 aromatic heterocycles. The van der Waals surface area contributed by atoms with E-state index in [1.807, 2.05) is 67.6 Å². The third-order valence-corrected chi connectivity index (χ3v) is 8.89. The van der Waals surface area contributed by atoms with Gasteiger partial charge in [0.15, 0.2) is 12.9 Å². The van der Waals surface area contributed by atoms with Crippen LogP contribution in [-0.2, 0) is 31.8 Å². The van der Waals surface area contributed by atoms with Gasteiger partial charge in [-0.15, -0.1) is 0 Å². The molecule has 5 rings (SSSR count). The second-order valence-electron chi connectivity index (χ2n) is 12.0. The zero-order chi connectivity index (χ0) is 32.6. The second kappa shape index (κ2) is 15.6. The van der Waals surface area contributed by atoms with Crippen LogP contribution in [0.1, 0.15) is 35.1 Å². The minimum absolute atomic E-state index is 0.00665. The number of amides is 2. The zero-order valence-electron chi connectivity index (χ0n) is 26.1. The number of hydrogen-bond acceptors (Lipinski definition) is 8. The molecule has 6 atom stereocenters. The summed E-state index contributed by atoms with van der Waals surface area (Å²) in [5.41, 5.74) is 9.83. The molecular formula is C35H42ClN3O7. The van der Waals surface area contributed by atoms with Crippen LogP contribution in [0.15, 0.2) is 66.7 Å². The van der Waals surface area contributed by atoms with Crippen LogP contribution in [0, 0.1) is 19.8 Å². The van der Waals surface area contributed by atoms with E-state index in [0.717, 1.165) is 23.1 Å². The van der Waals surface area contributed by atoms with E-state index < -0.39 is 30.4 Å². The minimum Gasteiger partial charge on any atom is -0.483 e. The van der Waals surface area contributed by atoms with E-state index in [2.05, 4.69) is 10.6 Å². The van der Waals surface area contributed by atoms with Crippen molar-refractivity contribution in [3.8, 4) is 5.75 Å². The van der Waals surface area contributed by atoms with E-state index in [0.29, 0.717) is 41.5 Å². The van der Waals surface area contributed by atoms with Crippen molar-refractivity contribution < 1.29 is 33.6 Å². The molecule has 0 unspecified atom stereocenters. The maximum Gasteiger partial charge on any atom is 0.407 e. The van der Waals surface area contributed by atoms with E-state index in [1.165, 1.54) is 0 Å². The number of ether oxygens (including phenoxy) is 4. The lowest BCUT2D eigenvalue weighted by molar-refractivity contribution is -0.124. The summed E-state index contributed by atoms with van der Waals surface area (Å²) in [6, 6.07) is 19.8. The summed E-state index contributed by atoms with van der Waals surface area (Å²) in [7, 11) is 0. The van der Waals surface area contributed by atoms with Gasteiger partial charge < -0.3 is 40.4 Å². The lowest BCUT2D eigenvalue weighted by atomic mass is 9.93. The molecule has 0 radical (unpaired) electrons. The molecular weight excluding hydrogens is 610 g/mol. The number of carbonyl (C=O) groups excluding carboxylic acids is 2. The van der Waals surface area contributed by atoms with Crippen LogP contribution in [-0.4, -0.2) is 67.5 Å². The molecule has 46 heavy (non-hydrogen) atoms. The van der Waals surface area contributed by atoms with Crippen LogP contribution in [0.2, 0.25) is 5.02 Å². The number of rotatable bonds is 13. The normalized spacial score (nSPS) is 20.7. The fourth-order valence-electron chi connectivity index (χ4n) is 6.13. The highest BCUT2D eigenvalue weighted by Gasteiger charge is 2.44. The SMILES string of the molecule is Cc1cc(Cl)c(N)c(C)c1OCC(=O)N[C@@H](Cc1ccccc1)C[C@H](O)[C@H](Cc1ccccc1)NC(=O)O[C@H]1CO[C@H]2OCC[C@H]21. The van der Waals surface area contributed by atoms with Crippen LogP contribution in [0.25, 0.3) is 0 Å². The van der Waals surface area contributed by atoms with E-state index >= 15 is 0 Å². The predicted octanol–water partition coefficient (Wildman–Crippen LogP) is 4.50. The molecule has 246 valence electrons. The number of aryl methyl sites for hydroxylation is 1. The second-order valence-corrected chi connectivity index (χ2v) is 12.4. The Kier molecular flexibility index (Phi) is 11.4. The highest BCUT2D eigenvalue weighted by molar-refractivity contribution is 6.33. The Bertz CT molecular complexity index is 1480. The Hall–Kier alpha value is -3.83. The molecule has 3 aromatic carbocycles. The molecule has 0 spiro atoms. The van der Waals surface area contributed by atoms with Crippen molar-refractivity contribution in [2.24, 2.45) is 5.92 Å². The molecule has 11 heteroatoms. The Labute approximate surface area is 274 Å². The zero-order valence-corrected chi connectivity index (χ0v) is 26.9. The summed E-state index contributed by atoms with van der Waals surface area (Å²) in [6.45, 7) is 4.21. The summed E-state index contributed by atoms with van der Waals surface area (Å²) in [6.07, 6.45) is -0.685. The highest BCUT2D eigenvalue weighted by Crippen LogP contribution is 2.34. The number of hydrogen-bond donors (Lipinski definition) is 4. The molecule has 10 nitrogen and oxygen atoms in total. The van der Waals surface area contributed by atoms with Crippen LogP contribution < -0.4 is 21.1 Å². The number of alkyl carbamates (subject to hydrolysis) is 1. The van der Waals surface area contributed by atoms with Crippen LogP contribution in [0.4, 0.5) is 10.5 Å². The van der Waals surface area contributed by atoms with E-state index in [1.54, 1.807) is 13.0 Å². The van der Waals surface area contributed by atoms with Gasteiger partial charge in [-0.3, -0.25) is 4.79 Å². The number of nitrogens with two attached hydrogens (primary N) is 1. The largest absolute Gasteiger partial charge is 0.483 e. The number of aliphatic hydroxyl groups excluding tert-OH is 1. The molecule has 0 saturated carbocycles. The molecule has 3 aromatic rings. The highest BCUT2D eigenvalue weighted by atomic mass is 35.5. The summed E-state index contributed by atoms with van der Waals surface area (Å²) in [5.74, 6) is 0.139. The van der Waals surface area contributed by atoms with Gasteiger partial charge in [0, 0.05) is 11.6 Å². The number of aliphatic hydroxyl groups is 1. The lowest BCUT2D eigenvalue weighted by Crippen LogP contribution is -2.50. The molecule has 2 amide bonds. The van der Waals surface area contributed by atoms with Crippen molar-refractivity contribution in [1.29, 1.82) is 0 Å². The molecule has 2 aliphatic heterocycles. The van der Waals surface area contributed by atoms with Gasteiger partial charge in [-0.25, -0.2) is 4.79 Å². The molecule has 0 bridgehead atoms. The van der Waals surface area contributed by atoms with Gasteiger partial charge >= 0.3 is 6.09 Å². The van der Waals surface area contributed by atoms with Gasteiger partial charge in [-0.1, -0.05) is 72.3 Å². The van der Waals surface area contributed by atoms with Crippen molar-refractivity contribution >= 4 is 29.3 Å². The van der Waals surface area contributed by atoms with Crippen LogP contribution in [0.3, 0.4) is 0 Å². The van der Waals surface area contributed by atoms with Crippen LogP contribution >= 0.6 is 11.6 Å². The average molecular weight is 652 g/mol. The summed E-state index contributed by atoms with van der Waals surface area (Å²) in [4.78, 5) is 26.3. The van der Waals surface area contributed by atoms with E-state index in [9.17, 15) is 14.7 Å². The Morgan fingerprint density at radius 2 is 1.70 bits per heavy atom. The molecule has 2 fully saturated rings. The molecule has 2 heterocycles. The standard InChI is InChI=1S/C35H42ClN3O7/c1-21-15-27(36)32(37)22(2)33(21)44-20-31(41)38-25(16-23-9-5-3-6-10-23)18-29(40)28(17-24-11-7-4-8-12-24)39-35(42)46-30-19-45-34-26(30)13-14-43-34/h3-12,15,25-26,28-30,34,40H,13-14,16-20,37H2,1-2H3,(H,38,41)(H,39,42)/t25-,26-,28-,29-,30-,34+/m0/s1. The third-order valence-electron chi connectivity index (χ3n) is 8.58. The predicted molar refractivity (Wildman–Crippen MR) is 175 cm³/mol. The maximum absolute atomic E-state index is 13.2. The fraction of sp³-hybridized carbons (Fsp3) is 0.429. The Morgan fingerprint density at radius 1 is 1.02 bits per heavy atom. The summed E-state index contributed by atoms with van der Waals surface area (Å²) < 4.78 is 22.8. The number of anilines is 1. The van der Waals surface area contributed by atoms with Crippen molar-refractivity contribution in [2.75, 3.05) is 25.6 Å². The summed E-state index contributed by atoms with van der Waals surface area (Å²) >= 11 is 6.19. The van der Waals surface area contributed by atoms with Gasteiger partial charge in [-0.05, 0) is 62.3 Å².